The van der Waals surface area contributed by atoms with Crippen LogP contribution in [0.4, 0.5) is 8.78 Å². The van der Waals surface area contributed by atoms with E-state index in [0.717, 1.165) is 57.0 Å². The van der Waals surface area contributed by atoms with Crippen molar-refractivity contribution < 1.29 is 18.3 Å². The number of fused-ring (bicyclic) bond motifs is 3. The zero-order valence-electron chi connectivity index (χ0n) is 24.0. The van der Waals surface area contributed by atoms with Gasteiger partial charge in [0.1, 0.15) is 35.4 Å². The van der Waals surface area contributed by atoms with Crippen LogP contribution in [0, 0.1) is 11.6 Å². The number of aromatic nitrogens is 5. The van der Waals surface area contributed by atoms with E-state index >= 15 is 4.39 Å². The van der Waals surface area contributed by atoms with Crippen molar-refractivity contribution in [2.45, 2.75) is 25.9 Å². The molecule has 11 heteroatoms. The van der Waals surface area contributed by atoms with Crippen LogP contribution >= 0.6 is 11.3 Å². The molecule has 43 heavy (non-hydrogen) atoms. The van der Waals surface area contributed by atoms with E-state index < -0.39 is 11.6 Å². The number of methoxy groups -OCH3 is 1. The Kier molecular flexibility index (Phi) is 7.16. The minimum absolute atomic E-state index is 0.0898. The predicted molar refractivity (Wildman–Crippen MR) is 164 cm³/mol. The maximum atomic E-state index is 16.0. The van der Waals surface area contributed by atoms with Gasteiger partial charge >= 0.3 is 0 Å². The number of nitrogens with zero attached hydrogens (tertiary/aromatic N) is 5. The Morgan fingerprint density at radius 1 is 1.05 bits per heavy atom. The van der Waals surface area contributed by atoms with Gasteiger partial charge in [0.25, 0.3) is 0 Å². The van der Waals surface area contributed by atoms with Crippen LogP contribution in [0.5, 0.6) is 5.75 Å². The summed E-state index contributed by atoms with van der Waals surface area (Å²) in [6.45, 7) is 4.04. The maximum absolute atomic E-state index is 16.0. The standard InChI is InChI=1S/C32H30F2N6O2S/c1-4-23-26-16-25(38-40(26)9-8-35-23)31-29(28-22(34)14-20(33)15-27(28)42-11-10-41-3)32-21(7-12-43-32)30(36-31)18-5-6-19-17-39(2)37-24(19)13-18/h5-7,12-17,23,35H,4,8-11H2,1-3H3/t23-/m0/s1. The van der Waals surface area contributed by atoms with E-state index in [0.29, 0.717) is 23.5 Å². The number of benzene rings is 2. The van der Waals surface area contributed by atoms with Gasteiger partial charge in [-0.25, -0.2) is 13.8 Å². The lowest BCUT2D eigenvalue weighted by molar-refractivity contribution is 0.146. The van der Waals surface area contributed by atoms with Gasteiger partial charge in [0.15, 0.2) is 0 Å². The van der Waals surface area contributed by atoms with Gasteiger partial charge < -0.3 is 14.8 Å². The van der Waals surface area contributed by atoms with Crippen molar-refractivity contribution in [3.05, 3.63) is 71.4 Å². The number of ether oxygens (including phenoxy) is 2. The minimum atomic E-state index is -0.732. The van der Waals surface area contributed by atoms with Crippen molar-refractivity contribution in [3.8, 4) is 39.5 Å². The van der Waals surface area contributed by atoms with Crippen molar-refractivity contribution in [1.29, 1.82) is 0 Å². The van der Waals surface area contributed by atoms with Gasteiger partial charge in [0.05, 0.1) is 35.6 Å². The molecule has 2 aromatic carbocycles. The number of halogens is 2. The average molecular weight is 601 g/mol. The van der Waals surface area contributed by atoms with Crippen molar-refractivity contribution in [3.63, 3.8) is 0 Å². The summed E-state index contributed by atoms with van der Waals surface area (Å²) in [5, 5.41) is 17.0. The summed E-state index contributed by atoms with van der Waals surface area (Å²) in [5.41, 5.74) is 5.32. The lowest BCUT2D eigenvalue weighted by atomic mass is 9.96. The summed E-state index contributed by atoms with van der Waals surface area (Å²) < 4.78 is 46.2. The molecule has 1 atom stereocenters. The van der Waals surface area contributed by atoms with E-state index in [1.54, 1.807) is 11.8 Å². The Balaban J connectivity index is 1.52. The highest BCUT2D eigenvalue weighted by atomic mass is 32.1. The quantitative estimate of drug-likeness (QED) is 0.195. The van der Waals surface area contributed by atoms with Crippen molar-refractivity contribution in [2.75, 3.05) is 26.9 Å². The summed E-state index contributed by atoms with van der Waals surface area (Å²) in [4.78, 5) is 5.23. The second kappa shape index (κ2) is 11.1. The topological polar surface area (TPSA) is 79.0 Å². The van der Waals surface area contributed by atoms with Gasteiger partial charge in [-0.15, -0.1) is 11.3 Å². The molecular formula is C32H30F2N6O2S. The molecular weight excluding hydrogens is 570 g/mol. The van der Waals surface area contributed by atoms with Gasteiger partial charge in [-0.05, 0) is 30.0 Å². The Labute approximate surface area is 250 Å². The highest BCUT2D eigenvalue weighted by molar-refractivity contribution is 7.18. The smallest absolute Gasteiger partial charge is 0.137 e. The number of pyridine rings is 1. The number of aryl methyl sites for hydroxylation is 1. The molecule has 6 aromatic rings. The molecule has 0 spiro atoms. The first-order valence-electron chi connectivity index (χ1n) is 14.2. The van der Waals surface area contributed by atoms with Gasteiger partial charge in [0.2, 0.25) is 0 Å². The molecule has 8 nitrogen and oxygen atoms in total. The molecule has 0 saturated carbocycles. The Hall–Kier alpha value is -4.19. The van der Waals surface area contributed by atoms with E-state index in [2.05, 4.69) is 17.3 Å². The second-order valence-electron chi connectivity index (χ2n) is 10.6. The molecule has 0 aliphatic carbocycles. The van der Waals surface area contributed by atoms with Crippen LogP contribution in [-0.4, -0.2) is 51.4 Å². The fraction of sp³-hybridized carbons (Fsp3) is 0.281. The lowest BCUT2D eigenvalue weighted by Crippen LogP contribution is -2.33. The summed E-state index contributed by atoms with van der Waals surface area (Å²) >= 11 is 1.48. The number of nitrogens with one attached hydrogen (secondary N) is 1. The zero-order chi connectivity index (χ0) is 29.7. The van der Waals surface area contributed by atoms with Crippen LogP contribution in [0.15, 0.2) is 54.0 Å². The van der Waals surface area contributed by atoms with Gasteiger partial charge in [-0.1, -0.05) is 19.1 Å². The summed E-state index contributed by atoms with van der Waals surface area (Å²) in [5.74, 6) is -1.36. The van der Waals surface area contributed by atoms with E-state index in [1.165, 1.54) is 17.4 Å². The minimum Gasteiger partial charge on any atom is -0.490 e. The van der Waals surface area contributed by atoms with Crippen molar-refractivity contribution >= 4 is 32.3 Å². The molecule has 7 rings (SSSR count). The Morgan fingerprint density at radius 3 is 2.77 bits per heavy atom. The molecule has 5 heterocycles. The third kappa shape index (κ3) is 4.87. The van der Waals surface area contributed by atoms with Crippen LogP contribution in [0.2, 0.25) is 0 Å². The van der Waals surface area contributed by atoms with Crippen molar-refractivity contribution in [2.24, 2.45) is 7.05 Å². The highest BCUT2D eigenvalue weighted by Gasteiger charge is 2.28. The van der Waals surface area contributed by atoms with Crippen LogP contribution in [0.3, 0.4) is 0 Å². The zero-order valence-corrected chi connectivity index (χ0v) is 24.8. The fourth-order valence-electron chi connectivity index (χ4n) is 5.90. The summed E-state index contributed by atoms with van der Waals surface area (Å²) in [7, 11) is 3.44. The van der Waals surface area contributed by atoms with Crippen LogP contribution in [0.25, 0.3) is 54.8 Å². The first kappa shape index (κ1) is 27.6. The van der Waals surface area contributed by atoms with Crippen molar-refractivity contribution in [1.82, 2.24) is 29.9 Å². The van der Waals surface area contributed by atoms with E-state index in [-0.39, 0.29) is 30.6 Å². The number of hydrogen-bond acceptors (Lipinski definition) is 7. The summed E-state index contributed by atoms with van der Waals surface area (Å²) in [6.07, 6.45) is 2.87. The Bertz CT molecular complexity index is 1980. The molecule has 0 saturated heterocycles. The molecule has 220 valence electrons. The number of hydrogen-bond donors (Lipinski definition) is 1. The van der Waals surface area contributed by atoms with Gasteiger partial charge in [-0.2, -0.15) is 10.2 Å². The molecule has 0 amide bonds. The average Bonchev–Trinajstić information content (AvgIpc) is 3.73. The molecule has 0 radical (unpaired) electrons. The first-order valence-corrected chi connectivity index (χ1v) is 15.1. The maximum Gasteiger partial charge on any atom is 0.137 e. The molecule has 0 fully saturated rings. The van der Waals surface area contributed by atoms with E-state index in [4.69, 9.17) is 19.6 Å². The Morgan fingerprint density at radius 2 is 1.93 bits per heavy atom. The number of thiophene rings is 1. The number of rotatable bonds is 8. The molecule has 4 aromatic heterocycles. The predicted octanol–water partition coefficient (Wildman–Crippen LogP) is 6.74. The lowest BCUT2D eigenvalue weighted by Gasteiger charge is -2.23. The molecule has 1 N–H and O–H groups in total. The van der Waals surface area contributed by atoms with Crippen LogP contribution in [-0.2, 0) is 18.3 Å². The van der Waals surface area contributed by atoms with Gasteiger partial charge in [0, 0.05) is 71.7 Å². The highest BCUT2D eigenvalue weighted by Crippen LogP contribution is 2.47. The SMILES string of the molecule is CC[C@@H]1NCCn2nc(-c3nc(-c4ccc5cn(C)nc5c4)c4ccsc4c3-c3c(F)cc(F)cc3OCCOC)cc21. The van der Waals surface area contributed by atoms with E-state index in [1.807, 2.05) is 53.6 Å². The second-order valence-corrected chi connectivity index (χ2v) is 11.5. The third-order valence-corrected chi connectivity index (χ3v) is 8.78. The molecule has 0 unspecified atom stereocenters. The first-order chi connectivity index (χ1) is 20.9. The fourth-order valence-corrected chi connectivity index (χ4v) is 6.85. The van der Waals surface area contributed by atoms with Crippen LogP contribution in [0.1, 0.15) is 25.1 Å². The monoisotopic (exact) mass is 600 g/mol. The van der Waals surface area contributed by atoms with Crippen LogP contribution < -0.4 is 10.1 Å². The normalized spacial score (nSPS) is 15.0. The third-order valence-electron chi connectivity index (χ3n) is 7.85. The van der Waals surface area contributed by atoms with Gasteiger partial charge in [-0.3, -0.25) is 9.36 Å². The molecule has 1 aliphatic rings. The molecule has 1 aliphatic heterocycles. The molecule has 0 bridgehead atoms. The largest absolute Gasteiger partial charge is 0.490 e. The summed E-state index contributed by atoms with van der Waals surface area (Å²) in [6, 6.07) is 12.3. The van der Waals surface area contributed by atoms with E-state index in [9.17, 15) is 4.39 Å².